The summed E-state index contributed by atoms with van der Waals surface area (Å²) in [6.45, 7) is 0. The molecule has 0 fully saturated rings. The number of halogens is 2. The summed E-state index contributed by atoms with van der Waals surface area (Å²) in [5.41, 5.74) is 1.12. The third-order valence-corrected chi connectivity index (χ3v) is 3.51. The molecule has 0 N–H and O–H groups in total. The second-order valence-electron chi connectivity index (χ2n) is 3.87. The van der Waals surface area contributed by atoms with Gasteiger partial charge in [0.1, 0.15) is 0 Å². The van der Waals surface area contributed by atoms with Crippen LogP contribution in [0.5, 0.6) is 5.88 Å². The summed E-state index contributed by atoms with van der Waals surface area (Å²) >= 11 is 12.0. The Kier molecular flexibility index (Phi) is 4.40. The van der Waals surface area contributed by atoms with Crippen molar-refractivity contribution in [3.63, 3.8) is 0 Å². The number of pyridine rings is 1. The maximum atomic E-state index is 12.2. The van der Waals surface area contributed by atoms with Crippen LogP contribution < -0.4 is 4.74 Å². The molecule has 19 heavy (non-hydrogen) atoms. The first-order valence-electron chi connectivity index (χ1n) is 5.58. The Morgan fingerprint density at radius 2 is 2.05 bits per heavy atom. The number of ether oxygens (including phenoxy) is 1. The Morgan fingerprint density at radius 3 is 2.79 bits per heavy atom. The van der Waals surface area contributed by atoms with E-state index in [0.29, 0.717) is 27.1 Å². The summed E-state index contributed by atoms with van der Waals surface area (Å²) < 4.78 is 5.07. The van der Waals surface area contributed by atoms with Crippen LogP contribution in [0.4, 0.5) is 0 Å². The van der Waals surface area contributed by atoms with Crippen molar-refractivity contribution in [2.75, 3.05) is 7.11 Å². The van der Waals surface area contributed by atoms with Crippen LogP contribution in [0, 0.1) is 0 Å². The highest BCUT2D eigenvalue weighted by molar-refractivity contribution is 6.42. The second kappa shape index (κ2) is 6.04. The monoisotopic (exact) mass is 295 g/mol. The van der Waals surface area contributed by atoms with Gasteiger partial charge in [-0.3, -0.25) is 4.79 Å². The van der Waals surface area contributed by atoms with Crippen LogP contribution in [-0.4, -0.2) is 17.9 Å². The van der Waals surface area contributed by atoms with Crippen LogP contribution in [0.3, 0.4) is 0 Å². The van der Waals surface area contributed by atoms with Gasteiger partial charge in [-0.2, -0.15) is 0 Å². The standard InChI is InChI=1S/C14H11Cl2NO2/c1-19-14-10(5-3-7-17-14)12(18)8-9-4-2-6-11(15)13(9)16/h2-7H,8H2,1H3. The predicted octanol–water partition coefficient (Wildman–Crippen LogP) is 3.82. The lowest BCUT2D eigenvalue weighted by molar-refractivity contribution is 0.0989. The molecular formula is C14H11Cl2NO2. The Morgan fingerprint density at radius 1 is 1.26 bits per heavy atom. The molecule has 0 saturated carbocycles. The summed E-state index contributed by atoms with van der Waals surface area (Å²) in [7, 11) is 1.48. The number of methoxy groups -OCH3 is 1. The number of benzene rings is 1. The number of aromatic nitrogens is 1. The summed E-state index contributed by atoms with van der Waals surface area (Å²) in [6.07, 6.45) is 1.73. The van der Waals surface area contributed by atoms with Crippen LogP contribution in [-0.2, 0) is 6.42 Å². The Hall–Kier alpha value is -1.58. The number of hydrogen-bond acceptors (Lipinski definition) is 3. The van der Waals surface area contributed by atoms with E-state index < -0.39 is 0 Å². The van der Waals surface area contributed by atoms with E-state index in [9.17, 15) is 4.79 Å². The third-order valence-electron chi connectivity index (χ3n) is 2.65. The number of hydrogen-bond donors (Lipinski definition) is 0. The molecular weight excluding hydrogens is 285 g/mol. The van der Waals surface area contributed by atoms with Crippen LogP contribution in [0.25, 0.3) is 0 Å². The van der Waals surface area contributed by atoms with Crippen molar-refractivity contribution in [1.29, 1.82) is 0 Å². The van der Waals surface area contributed by atoms with Crippen molar-refractivity contribution in [1.82, 2.24) is 4.98 Å². The van der Waals surface area contributed by atoms with Crippen molar-refractivity contribution >= 4 is 29.0 Å². The van der Waals surface area contributed by atoms with Gasteiger partial charge < -0.3 is 4.74 Å². The van der Waals surface area contributed by atoms with E-state index in [1.54, 1.807) is 36.5 Å². The highest BCUT2D eigenvalue weighted by Gasteiger charge is 2.15. The zero-order valence-electron chi connectivity index (χ0n) is 10.2. The number of ketones is 1. The molecule has 0 spiro atoms. The van der Waals surface area contributed by atoms with Crippen LogP contribution in [0.2, 0.25) is 10.0 Å². The van der Waals surface area contributed by atoms with E-state index in [1.807, 2.05) is 0 Å². The van der Waals surface area contributed by atoms with Gasteiger partial charge >= 0.3 is 0 Å². The normalized spacial score (nSPS) is 10.3. The molecule has 0 aliphatic rings. The highest BCUT2D eigenvalue weighted by atomic mass is 35.5. The molecule has 1 aromatic carbocycles. The van der Waals surface area contributed by atoms with Gasteiger partial charge in [-0.05, 0) is 23.8 Å². The molecule has 0 aliphatic carbocycles. The zero-order valence-corrected chi connectivity index (χ0v) is 11.7. The minimum absolute atomic E-state index is 0.117. The van der Waals surface area contributed by atoms with Gasteiger partial charge in [0.15, 0.2) is 5.78 Å². The van der Waals surface area contributed by atoms with Crippen molar-refractivity contribution in [3.05, 3.63) is 57.7 Å². The number of carbonyl (C=O) groups excluding carboxylic acids is 1. The third kappa shape index (κ3) is 3.06. The number of Topliss-reactive ketones (excluding diaryl/α,β-unsaturated/α-hetero) is 1. The molecule has 0 bridgehead atoms. The SMILES string of the molecule is COc1ncccc1C(=O)Cc1cccc(Cl)c1Cl. The van der Waals surface area contributed by atoms with E-state index in [0.717, 1.165) is 0 Å². The average Bonchev–Trinajstić information content (AvgIpc) is 2.43. The van der Waals surface area contributed by atoms with Gasteiger partial charge in [-0.15, -0.1) is 0 Å². The van der Waals surface area contributed by atoms with Gasteiger partial charge in [-0.25, -0.2) is 4.98 Å². The lowest BCUT2D eigenvalue weighted by Gasteiger charge is -2.07. The molecule has 0 radical (unpaired) electrons. The fraction of sp³-hybridized carbons (Fsp3) is 0.143. The molecule has 3 nitrogen and oxygen atoms in total. The Bertz CT molecular complexity index is 614. The van der Waals surface area contributed by atoms with Crippen molar-refractivity contribution in [2.45, 2.75) is 6.42 Å². The minimum atomic E-state index is -0.117. The first-order chi connectivity index (χ1) is 9.13. The van der Waals surface area contributed by atoms with Crippen molar-refractivity contribution < 1.29 is 9.53 Å². The van der Waals surface area contributed by atoms with E-state index >= 15 is 0 Å². The smallest absolute Gasteiger partial charge is 0.224 e. The Labute approximate surface area is 121 Å². The average molecular weight is 296 g/mol. The molecule has 0 amide bonds. The topological polar surface area (TPSA) is 39.2 Å². The molecule has 98 valence electrons. The van der Waals surface area contributed by atoms with Gasteiger partial charge in [-0.1, -0.05) is 35.3 Å². The van der Waals surface area contributed by atoms with Crippen LogP contribution >= 0.6 is 23.2 Å². The van der Waals surface area contributed by atoms with E-state index in [-0.39, 0.29) is 12.2 Å². The maximum absolute atomic E-state index is 12.2. The molecule has 5 heteroatoms. The summed E-state index contributed by atoms with van der Waals surface area (Å²) in [5.74, 6) is 0.194. The first kappa shape index (κ1) is 13.8. The van der Waals surface area contributed by atoms with Crippen molar-refractivity contribution in [3.8, 4) is 5.88 Å². The minimum Gasteiger partial charge on any atom is -0.480 e. The summed E-state index contributed by atoms with van der Waals surface area (Å²) in [4.78, 5) is 16.2. The quantitative estimate of drug-likeness (QED) is 0.805. The van der Waals surface area contributed by atoms with Gasteiger partial charge in [0.2, 0.25) is 5.88 Å². The number of nitrogens with zero attached hydrogens (tertiary/aromatic N) is 1. The fourth-order valence-electron chi connectivity index (χ4n) is 1.72. The number of rotatable bonds is 4. The molecule has 0 saturated heterocycles. The van der Waals surface area contributed by atoms with Gasteiger partial charge in [0.25, 0.3) is 0 Å². The lowest BCUT2D eigenvalue weighted by Crippen LogP contribution is -2.07. The lowest BCUT2D eigenvalue weighted by atomic mass is 10.0. The largest absolute Gasteiger partial charge is 0.480 e. The molecule has 2 rings (SSSR count). The summed E-state index contributed by atoms with van der Waals surface area (Å²) in [6, 6.07) is 8.58. The molecule has 1 aromatic heterocycles. The van der Waals surface area contributed by atoms with Gasteiger partial charge in [0, 0.05) is 12.6 Å². The van der Waals surface area contributed by atoms with E-state index in [2.05, 4.69) is 4.98 Å². The van der Waals surface area contributed by atoms with Crippen LogP contribution in [0.1, 0.15) is 15.9 Å². The highest BCUT2D eigenvalue weighted by Crippen LogP contribution is 2.27. The zero-order chi connectivity index (χ0) is 13.8. The van der Waals surface area contributed by atoms with E-state index in [4.69, 9.17) is 27.9 Å². The summed E-state index contributed by atoms with van der Waals surface area (Å²) in [5, 5.41) is 0.838. The fourth-order valence-corrected chi connectivity index (χ4v) is 2.11. The van der Waals surface area contributed by atoms with Crippen molar-refractivity contribution in [2.24, 2.45) is 0 Å². The Balaban J connectivity index is 2.28. The molecule has 0 unspecified atom stereocenters. The second-order valence-corrected chi connectivity index (χ2v) is 4.66. The number of carbonyl (C=O) groups is 1. The maximum Gasteiger partial charge on any atom is 0.224 e. The van der Waals surface area contributed by atoms with Gasteiger partial charge in [0.05, 0.1) is 22.7 Å². The predicted molar refractivity (Wildman–Crippen MR) is 75.3 cm³/mol. The first-order valence-corrected chi connectivity index (χ1v) is 6.34. The molecule has 1 heterocycles. The van der Waals surface area contributed by atoms with Crippen LogP contribution in [0.15, 0.2) is 36.5 Å². The molecule has 0 aliphatic heterocycles. The van der Waals surface area contributed by atoms with E-state index in [1.165, 1.54) is 7.11 Å². The molecule has 2 aromatic rings. The molecule has 0 atom stereocenters.